The number of hydrogen-bond acceptors (Lipinski definition) is 3. The molecule has 6 heteroatoms. The van der Waals surface area contributed by atoms with Gasteiger partial charge in [-0.3, -0.25) is 4.79 Å². The van der Waals surface area contributed by atoms with Gasteiger partial charge >= 0.3 is 0 Å². The lowest BCUT2D eigenvalue weighted by Gasteiger charge is -2.39. The summed E-state index contributed by atoms with van der Waals surface area (Å²) < 4.78 is 28.2. The third kappa shape index (κ3) is 2.61. The Bertz CT molecular complexity index is 1000. The average Bonchev–Trinajstić information content (AvgIpc) is 3.23. The van der Waals surface area contributed by atoms with Crippen LogP contribution < -0.4 is 0 Å². The summed E-state index contributed by atoms with van der Waals surface area (Å²) in [7, 11) is 0. The molecule has 1 fully saturated rings. The number of fused-ring (bicyclic) bond motifs is 2. The van der Waals surface area contributed by atoms with Crippen molar-refractivity contribution in [2.75, 3.05) is 0 Å². The minimum atomic E-state index is -0.666. The third-order valence-corrected chi connectivity index (χ3v) is 7.49. The van der Waals surface area contributed by atoms with Gasteiger partial charge < -0.3 is 0 Å². The molecule has 2 aromatic rings. The Morgan fingerprint density at radius 3 is 2.79 bits per heavy atom. The molecule has 0 N–H and O–H groups in total. The lowest BCUT2D eigenvalue weighted by molar-refractivity contribution is -0.143. The zero-order chi connectivity index (χ0) is 19.5. The van der Waals surface area contributed by atoms with Crippen LogP contribution in [0, 0.1) is 23.5 Å². The van der Waals surface area contributed by atoms with Crippen LogP contribution in [-0.4, -0.2) is 16.0 Å². The molecule has 1 saturated carbocycles. The molecule has 0 bridgehead atoms. The minimum absolute atomic E-state index is 0.00545. The number of amides is 1. The average molecular weight is 398 g/mol. The first-order valence-corrected chi connectivity index (χ1v) is 10.4. The van der Waals surface area contributed by atoms with Gasteiger partial charge in [-0.2, -0.15) is 5.10 Å². The third-order valence-electron chi connectivity index (χ3n) is 6.06. The van der Waals surface area contributed by atoms with E-state index in [0.717, 1.165) is 49.4 Å². The van der Waals surface area contributed by atoms with E-state index in [9.17, 15) is 13.6 Å². The molecule has 1 spiro atoms. The van der Waals surface area contributed by atoms with Crippen LogP contribution in [0.15, 0.2) is 47.6 Å². The molecule has 2 aromatic carbocycles. The van der Waals surface area contributed by atoms with E-state index in [-0.39, 0.29) is 17.4 Å². The van der Waals surface area contributed by atoms with Crippen LogP contribution in [0.1, 0.15) is 42.9 Å². The standard InChI is InChI=1S/C22H20F2N2OS/c1-13-10-15(11-13)21(27)26-22(9-8-14-4-2-3-5-18(14)22)28-20(25-26)17-12-16(23)6-7-19(17)24/h2-7,12-13,15H,8-11H2,1H3/t13-,15-,22?. The first kappa shape index (κ1) is 17.9. The van der Waals surface area contributed by atoms with Crippen molar-refractivity contribution >= 4 is 22.7 Å². The Morgan fingerprint density at radius 2 is 2.00 bits per heavy atom. The van der Waals surface area contributed by atoms with Gasteiger partial charge in [0, 0.05) is 11.5 Å². The SMILES string of the molecule is C[C@H]1C[C@H](C(=O)N2N=C(c3cc(F)ccc3F)SC23CCc2ccccc23)C1. The number of carbonyl (C=O) groups excluding carboxylic acids is 1. The minimum Gasteiger partial charge on any atom is -0.273 e. The van der Waals surface area contributed by atoms with Crippen molar-refractivity contribution in [3.8, 4) is 0 Å². The predicted octanol–water partition coefficient (Wildman–Crippen LogP) is 5.05. The Labute approximate surface area is 166 Å². The molecule has 1 amide bonds. The van der Waals surface area contributed by atoms with Crippen molar-refractivity contribution in [3.05, 3.63) is 70.8 Å². The lowest BCUT2D eigenvalue weighted by Crippen LogP contribution is -2.45. The second-order valence-corrected chi connectivity index (χ2v) is 9.26. The molecule has 28 heavy (non-hydrogen) atoms. The van der Waals surface area contributed by atoms with E-state index in [4.69, 9.17) is 0 Å². The molecular weight excluding hydrogens is 378 g/mol. The smallest absolute Gasteiger partial charge is 0.247 e. The molecular formula is C22H20F2N2OS. The van der Waals surface area contributed by atoms with E-state index in [2.05, 4.69) is 18.1 Å². The normalized spacial score (nSPS) is 28.2. The molecule has 0 aromatic heterocycles. The highest BCUT2D eigenvalue weighted by Crippen LogP contribution is 2.56. The van der Waals surface area contributed by atoms with Gasteiger partial charge in [-0.15, -0.1) is 0 Å². The number of halogens is 2. The van der Waals surface area contributed by atoms with Crippen molar-refractivity contribution in [1.29, 1.82) is 0 Å². The fraction of sp³-hybridized carbons (Fsp3) is 0.364. The van der Waals surface area contributed by atoms with Crippen LogP contribution >= 0.6 is 11.8 Å². The van der Waals surface area contributed by atoms with E-state index >= 15 is 0 Å². The van der Waals surface area contributed by atoms with Crippen LogP contribution in [0.4, 0.5) is 8.78 Å². The summed E-state index contributed by atoms with van der Waals surface area (Å²) in [6.45, 7) is 2.14. The van der Waals surface area contributed by atoms with E-state index in [1.165, 1.54) is 17.3 Å². The van der Waals surface area contributed by atoms with Gasteiger partial charge in [0.05, 0.1) is 0 Å². The van der Waals surface area contributed by atoms with Gasteiger partial charge in [0.15, 0.2) is 0 Å². The maximum atomic E-state index is 14.4. The van der Waals surface area contributed by atoms with E-state index < -0.39 is 16.5 Å². The second kappa shape index (κ2) is 6.41. The van der Waals surface area contributed by atoms with E-state index in [1.54, 1.807) is 5.01 Å². The number of benzene rings is 2. The maximum absolute atomic E-state index is 14.4. The van der Waals surface area contributed by atoms with Gasteiger partial charge in [0.1, 0.15) is 21.5 Å². The monoisotopic (exact) mass is 398 g/mol. The van der Waals surface area contributed by atoms with Gasteiger partial charge in [0.2, 0.25) is 5.91 Å². The maximum Gasteiger partial charge on any atom is 0.247 e. The van der Waals surface area contributed by atoms with Gasteiger partial charge in [-0.1, -0.05) is 43.0 Å². The van der Waals surface area contributed by atoms with Crippen molar-refractivity contribution in [2.24, 2.45) is 16.9 Å². The van der Waals surface area contributed by atoms with Gasteiger partial charge in [-0.05, 0) is 60.9 Å². The molecule has 1 unspecified atom stereocenters. The number of nitrogens with zero attached hydrogens (tertiary/aromatic N) is 2. The van der Waals surface area contributed by atoms with Gasteiger partial charge in [0.25, 0.3) is 0 Å². The molecule has 0 saturated heterocycles. The van der Waals surface area contributed by atoms with Crippen LogP contribution in [0.5, 0.6) is 0 Å². The summed E-state index contributed by atoms with van der Waals surface area (Å²) in [4.78, 5) is 12.6. The number of hydrogen-bond donors (Lipinski definition) is 0. The van der Waals surface area contributed by atoms with Crippen molar-refractivity contribution in [2.45, 2.75) is 37.5 Å². The fourth-order valence-corrected chi connectivity index (χ4v) is 5.99. The quantitative estimate of drug-likeness (QED) is 0.709. The van der Waals surface area contributed by atoms with Crippen LogP contribution in [0.2, 0.25) is 0 Å². The van der Waals surface area contributed by atoms with Crippen molar-refractivity contribution < 1.29 is 13.6 Å². The molecule has 2 aliphatic carbocycles. The zero-order valence-electron chi connectivity index (χ0n) is 15.5. The fourth-order valence-electron chi connectivity index (χ4n) is 4.55. The molecule has 3 nitrogen and oxygen atoms in total. The summed E-state index contributed by atoms with van der Waals surface area (Å²) in [6, 6.07) is 11.4. The summed E-state index contributed by atoms with van der Waals surface area (Å²) in [5, 5.41) is 6.53. The number of aryl methyl sites for hydroxylation is 1. The number of carbonyl (C=O) groups is 1. The van der Waals surface area contributed by atoms with Gasteiger partial charge in [-0.25, -0.2) is 13.8 Å². The Balaban J connectivity index is 1.60. The molecule has 144 valence electrons. The highest BCUT2D eigenvalue weighted by Gasteiger charge is 2.54. The second-order valence-electron chi connectivity index (χ2n) is 8.00. The largest absolute Gasteiger partial charge is 0.273 e. The Hall–Kier alpha value is -2.21. The summed E-state index contributed by atoms with van der Waals surface area (Å²) in [5.74, 6) is -0.547. The number of thioether (sulfide) groups is 1. The Kier molecular flexibility index (Phi) is 4.09. The van der Waals surface area contributed by atoms with E-state index in [0.29, 0.717) is 11.0 Å². The Morgan fingerprint density at radius 1 is 1.21 bits per heavy atom. The van der Waals surface area contributed by atoms with Crippen LogP contribution in [0.25, 0.3) is 0 Å². The van der Waals surface area contributed by atoms with Crippen LogP contribution in [-0.2, 0) is 16.1 Å². The highest BCUT2D eigenvalue weighted by molar-refractivity contribution is 8.15. The molecule has 5 rings (SSSR count). The summed E-state index contributed by atoms with van der Waals surface area (Å²) in [6.07, 6.45) is 3.27. The summed E-state index contributed by atoms with van der Waals surface area (Å²) in [5.41, 5.74) is 2.35. The van der Waals surface area contributed by atoms with Crippen molar-refractivity contribution in [1.82, 2.24) is 5.01 Å². The van der Waals surface area contributed by atoms with Crippen molar-refractivity contribution in [3.63, 3.8) is 0 Å². The predicted molar refractivity (Wildman–Crippen MR) is 106 cm³/mol. The molecule has 1 atom stereocenters. The highest BCUT2D eigenvalue weighted by atomic mass is 32.2. The molecule has 0 radical (unpaired) electrons. The molecule has 1 heterocycles. The molecule has 1 aliphatic heterocycles. The lowest BCUT2D eigenvalue weighted by atomic mass is 9.75. The zero-order valence-corrected chi connectivity index (χ0v) is 16.3. The number of hydrazone groups is 1. The summed E-state index contributed by atoms with van der Waals surface area (Å²) >= 11 is 1.38. The molecule has 3 aliphatic rings. The first-order chi connectivity index (χ1) is 13.5. The van der Waals surface area contributed by atoms with Crippen LogP contribution in [0.3, 0.4) is 0 Å². The number of rotatable bonds is 2. The topological polar surface area (TPSA) is 32.7 Å². The van der Waals surface area contributed by atoms with E-state index in [1.807, 2.05) is 18.2 Å². The first-order valence-electron chi connectivity index (χ1n) is 9.63.